The molecule has 1 unspecified atom stereocenters. The van der Waals surface area contributed by atoms with Gasteiger partial charge in [-0.3, -0.25) is 4.90 Å². The van der Waals surface area contributed by atoms with Crippen molar-refractivity contribution < 1.29 is 9.52 Å². The lowest BCUT2D eigenvalue weighted by Crippen LogP contribution is -2.36. The maximum absolute atomic E-state index is 9.21. The van der Waals surface area contributed by atoms with Gasteiger partial charge >= 0.3 is 0 Å². The minimum Gasteiger partial charge on any atom is -0.419 e. The third-order valence-corrected chi connectivity index (χ3v) is 4.56. The van der Waals surface area contributed by atoms with Crippen LogP contribution in [0.2, 0.25) is 5.02 Å². The number of nitrogens with zero attached hydrogens (tertiary/aromatic N) is 3. The van der Waals surface area contributed by atoms with Crippen molar-refractivity contribution in [3.63, 3.8) is 0 Å². The van der Waals surface area contributed by atoms with Crippen molar-refractivity contribution in [2.75, 3.05) is 19.7 Å². The summed E-state index contributed by atoms with van der Waals surface area (Å²) < 4.78 is 5.82. The molecule has 1 aliphatic heterocycles. The van der Waals surface area contributed by atoms with Crippen LogP contribution in [0.5, 0.6) is 0 Å². The molecule has 22 heavy (non-hydrogen) atoms. The number of benzene rings is 1. The van der Waals surface area contributed by atoms with E-state index in [1.807, 2.05) is 24.3 Å². The molecule has 3 rings (SSSR count). The fourth-order valence-corrected chi connectivity index (χ4v) is 3.01. The summed E-state index contributed by atoms with van der Waals surface area (Å²) in [5.74, 6) is 1.54. The summed E-state index contributed by atoms with van der Waals surface area (Å²) in [5, 5.41) is 18.2. The van der Waals surface area contributed by atoms with Crippen LogP contribution >= 0.6 is 11.6 Å². The molecule has 0 amide bonds. The lowest BCUT2D eigenvalue weighted by molar-refractivity contribution is 0.0960. The van der Waals surface area contributed by atoms with Crippen molar-refractivity contribution in [1.82, 2.24) is 15.1 Å². The number of aliphatic hydroxyl groups is 1. The zero-order chi connectivity index (χ0) is 15.5. The van der Waals surface area contributed by atoms with Crippen LogP contribution in [0.3, 0.4) is 0 Å². The standard InChI is InChI=1S/C16H20ClN3O2/c1-11(20-7-5-12(10-21)6-8-20)15-18-19-16(22-15)13-3-2-4-14(17)9-13/h2-4,9,11-12,21H,5-8,10H2,1H3. The number of hydrogen-bond donors (Lipinski definition) is 1. The number of halogens is 1. The fourth-order valence-electron chi connectivity index (χ4n) is 2.82. The topological polar surface area (TPSA) is 62.4 Å². The Labute approximate surface area is 134 Å². The number of piperidine rings is 1. The second-order valence-corrected chi connectivity index (χ2v) is 6.23. The molecule has 0 aliphatic carbocycles. The SMILES string of the molecule is CC(c1nnc(-c2cccc(Cl)c2)o1)N1CCC(CO)CC1. The number of hydrogen-bond acceptors (Lipinski definition) is 5. The van der Waals surface area contributed by atoms with E-state index in [-0.39, 0.29) is 12.6 Å². The van der Waals surface area contributed by atoms with Gasteiger partial charge < -0.3 is 9.52 Å². The van der Waals surface area contributed by atoms with Crippen LogP contribution in [0.4, 0.5) is 0 Å². The number of aliphatic hydroxyl groups excluding tert-OH is 1. The zero-order valence-corrected chi connectivity index (χ0v) is 13.3. The third-order valence-electron chi connectivity index (χ3n) is 4.32. The highest BCUT2D eigenvalue weighted by Gasteiger charge is 2.26. The van der Waals surface area contributed by atoms with E-state index in [0.717, 1.165) is 31.5 Å². The molecule has 5 nitrogen and oxygen atoms in total. The van der Waals surface area contributed by atoms with Crippen molar-refractivity contribution >= 4 is 11.6 Å². The molecule has 0 radical (unpaired) electrons. The van der Waals surface area contributed by atoms with Crippen molar-refractivity contribution in [2.45, 2.75) is 25.8 Å². The van der Waals surface area contributed by atoms with Crippen molar-refractivity contribution in [3.05, 3.63) is 35.2 Å². The Bertz CT molecular complexity index is 623. The van der Waals surface area contributed by atoms with Gasteiger partial charge in [-0.2, -0.15) is 0 Å². The second kappa shape index (κ2) is 6.77. The lowest BCUT2D eigenvalue weighted by atomic mass is 9.97. The Hall–Kier alpha value is -1.43. The minimum atomic E-state index is 0.0834. The maximum atomic E-state index is 9.21. The Morgan fingerprint density at radius 2 is 2.14 bits per heavy atom. The van der Waals surface area contributed by atoms with Crippen LogP contribution < -0.4 is 0 Å². The lowest BCUT2D eigenvalue weighted by Gasteiger charge is -2.33. The highest BCUT2D eigenvalue weighted by Crippen LogP contribution is 2.28. The Morgan fingerprint density at radius 3 is 2.82 bits per heavy atom. The van der Waals surface area contributed by atoms with Gasteiger partial charge in [0.25, 0.3) is 0 Å². The summed E-state index contributed by atoms with van der Waals surface area (Å²) in [5.41, 5.74) is 0.831. The van der Waals surface area contributed by atoms with E-state index in [9.17, 15) is 5.11 Å². The summed E-state index contributed by atoms with van der Waals surface area (Å²) in [6, 6.07) is 7.48. The smallest absolute Gasteiger partial charge is 0.247 e. The summed E-state index contributed by atoms with van der Waals surface area (Å²) in [7, 11) is 0. The van der Waals surface area contributed by atoms with Gasteiger partial charge in [-0.15, -0.1) is 10.2 Å². The summed E-state index contributed by atoms with van der Waals surface area (Å²) in [4.78, 5) is 2.32. The number of aromatic nitrogens is 2. The maximum Gasteiger partial charge on any atom is 0.247 e. The van der Waals surface area contributed by atoms with Crippen molar-refractivity contribution in [3.8, 4) is 11.5 Å². The van der Waals surface area contributed by atoms with Crippen LogP contribution in [0.25, 0.3) is 11.5 Å². The number of likely N-dealkylation sites (tertiary alicyclic amines) is 1. The predicted octanol–water partition coefficient (Wildman–Crippen LogP) is 3.16. The summed E-state index contributed by atoms with van der Waals surface area (Å²) in [6.45, 7) is 4.25. The second-order valence-electron chi connectivity index (χ2n) is 5.79. The normalized spacial score (nSPS) is 18.5. The zero-order valence-electron chi connectivity index (χ0n) is 12.6. The number of rotatable bonds is 4. The van der Waals surface area contributed by atoms with E-state index in [1.165, 1.54) is 0 Å². The molecule has 6 heteroatoms. The van der Waals surface area contributed by atoms with E-state index in [1.54, 1.807) is 0 Å². The average molecular weight is 322 g/mol. The van der Waals surface area contributed by atoms with Gasteiger partial charge in [-0.1, -0.05) is 17.7 Å². The predicted molar refractivity (Wildman–Crippen MR) is 84.5 cm³/mol. The Balaban J connectivity index is 1.71. The van der Waals surface area contributed by atoms with Gasteiger partial charge in [-0.05, 0) is 57.0 Å². The molecule has 1 atom stereocenters. The van der Waals surface area contributed by atoms with Crippen LogP contribution in [0, 0.1) is 5.92 Å². The average Bonchev–Trinajstić information content (AvgIpc) is 3.04. The Morgan fingerprint density at radius 1 is 1.36 bits per heavy atom. The molecule has 118 valence electrons. The highest BCUT2D eigenvalue weighted by molar-refractivity contribution is 6.30. The van der Waals surface area contributed by atoms with Crippen molar-refractivity contribution in [1.29, 1.82) is 0 Å². The monoisotopic (exact) mass is 321 g/mol. The van der Waals surface area contributed by atoms with Gasteiger partial charge in [0.1, 0.15) is 0 Å². The molecule has 1 aromatic carbocycles. The molecule has 0 saturated carbocycles. The molecule has 1 N–H and O–H groups in total. The van der Waals surface area contributed by atoms with E-state index in [2.05, 4.69) is 22.0 Å². The molecule has 1 saturated heterocycles. The van der Waals surface area contributed by atoms with Crippen molar-refractivity contribution in [2.24, 2.45) is 5.92 Å². The van der Waals surface area contributed by atoms with Gasteiger partial charge in [0.2, 0.25) is 11.8 Å². The first kappa shape index (κ1) is 15.5. The van der Waals surface area contributed by atoms with E-state index in [4.69, 9.17) is 16.0 Å². The molecular formula is C16H20ClN3O2. The largest absolute Gasteiger partial charge is 0.419 e. The first-order valence-corrected chi connectivity index (χ1v) is 7.99. The van der Waals surface area contributed by atoms with E-state index >= 15 is 0 Å². The molecule has 0 spiro atoms. The fraction of sp³-hybridized carbons (Fsp3) is 0.500. The first-order valence-electron chi connectivity index (χ1n) is 7.61. The molecule has 1 aromatic heterocycles. The Kier molecular flexibility index (Phi) is 4.76. The van der Waals surface area contributed by atoms with Crippen LogP contribution in [0.15, 0.2) is 28.7 Å². The van der Waals surface area contributed by atoms with Gasteiger partial charge in [0.05, 0.1) is 6.04 Å². The van der Waals surface area contributed by atoms with Gasteiger partial charge in [0, 0.05) is 17.2 Å². The van der Waals surface area contributed by atoms with Crippen LogP contribution in [-0.2, 0) is 0 Å². The van der Waals surface area contributed by atoms with Crippen LogP contribution in [0.1, 0.15) is 31.7 Å². The molecule has 2 heterocycles. The molecular weight excluding hydrogens is 302 g/mol. The van der Waals surface area contributed by atoms with Gasteiger partial charge in [-0.25, -0.2) is 0 Å². The van der Waals surface area contributed by atoms with Gasteiger partial charge in [0.15, 0.2) is 0 Å². The first-order chi connectivity index (χ1) is 10.7. The highest BCUT2D eigenvalue weighted by atomic mass is 35.5. The third kappa shape index (κ3) is 3.32. The summed E-state index contributed by atoms with van der Waals surface area (Å²) >= 11 is 5.99. The summed E-state index contributed by atoms with van der Waals surface area (Å²) in [6.07, 6.45) is 2.02. The molecule has 1 aliphatic rings. The molecule has 0 bridgehead atoms. The van der Waals surface area contributed by atoms with Crippen LogP contribution in [-0.4, -0.2) is 39.9 Å². The van der Waals surface area contributed by atoms with E-state index < -0.39 is 0 Å². The molecule has 1 fully saturated rings. The van der Waals surface area contributed by atoms with E-state index in [0.29, 0.717) is 22.7 Å². The minimum absolute atomic E-state index is 0.0834. The quantitative estimate of drug-likeness (QED) is 0.937. The molecule has 2 aromatic rings.